The number of ether oxygens (including phenoxy) is 2. The highest BCUT2D eigenvalue weighted by molar-refractivity contribution is 7.99. The van der Waals surface area contributed by atoms with Crippen LogP contribution < -0.4 is 10.1 Å². The van der Waals surface area contributed by atoms with Crippen molar-refractivity contribution in [2.45, 2.75) is 24.2 Å². The number of halogens is 3. The Balaban J connectivity index is 1.81. The Morgan fingerprint density at radius 3 is 2.78 bits per heavy atom. The molecule has 144 valence electrons. The van der Waals surface area contributed by atoms with Crippen LogP contribution in [0.25, 0.3) is 0 Å². The maximum atomic E-state index is 12.5. The minimum atomic E-state index is -4.27. The van der Waals surface area contributed by atoms with Crippen molar-refractivity contribution in [3.05, 3.63) is 57.6 Å². The first kappa shape index (κ1) is 19.3. The lowest BCUT2D eigenvalue weighted by molar-refractivity contribution is -0.385. The van der Waals surface area contributed by atoms with Crippen molar-refractivity contribution in [2.24, 2.45) is 0 Å². The molecule has 6 nitrogen and oxygen atoms in total. The Kier molecular flexibility index (Phi) is 5.76. The summed E-state index contributed by atoms with van der Waals surface area (Å²) in [5, 5.41) is 14.2. The molecule has 0 radical (unpaired) electrons. The number of rotatable bonds is 6. The molecule has 1 aliphatic rings. The number of nitrogens with one attached hydrogen (secondary N) is 1. The Morgan fingerprint density at radius 2 is 2.04 bits per heavy atom. The molecule has 1 aliphatic heterocycles. The van der Waals surface area contributed by atoms with Crippen molar-refractivity contribution in [2.75, 3.05) is 17.9 Å². The molecule has 1 N–H and O–H groups in total. The minimum Gasteiger partial charge on any atom is -0.467 e. The number of nitro benzene ring substituents is 1. The van der Waals surface area contributed by atoms with Gasteiger partial charge in [0.05, 0.1) is 17.3 Å². The van der Waals surface area contributed by atoms with Crippen LogP contribution in [-0.2, 0) is 17.9 Å². The molecule has 0 aromatic heterocycles. The normalized spacial score (nSPS) is 13.6. The molecule has 0 bridgehead atoms. The summed E-state index contributed by atoms with van der Waals surface area (Å²) in [5.74, 6) is -0.502. The van der Waals surface area contributed by atoms with Crippen LogP contribution in [0.4, 0.5) is 24.5 Å². The van der Waals surface area contributed by atoms with E-state index < -0.39 is 16.9 Å². The molecule has 0 unspecified atom stereocenters. The van der Waals surface area contributed by atoms with E-state index in [9.17, 15) is 23.3 Å². The maximum Gasteiger partial charge on any atom is 0.398 e. The molecular formula is C17H15F3N2O4S. The number of fused-ring (bicyclic) bond motifs is 1. The molecule has 0 aliphatic carbocycles. The minimum absolute atomic E-state index is 0.0375. The van der Waals surface area contributed by atoms with Gasteiger partial charge < -0.3 is 14.8 Å². The van der Waals surface area contributed by atoms with Crippen LogP contribution in [0.5, 0.6) is 5.75 Å². The van der Waals surface area contributed by atoms with Gasteiger partial charge in [-0.15, -0.1) is 11.8 Å². The van der Waals surface area contributed by atoms with E-state index in [4.69, 9.17) is 9.47 Å². The highest BCUT2D eigenvalue weighted by atomic mass is 32.2. The number of non-ortho nitro benzene ring substituents is 1. The summed E-state index contributed by atoms with van der Waals surface area (Å²) >= 11 is 0.679. The van der Waals surface area contributed by atoms with Crippen LogP contribution >= 0.6 is 11.8 Å². The summed E-state index contributed by atoms with van der Waals surface area (Å²) in [4.78, 5) is 11.1. The first-order chi connectivity index (χ1) is 12.8. The van der Waals surface area contributed by atoms with Gasteiger partial charge in [-0.3, -0.25) is 10.1 Å². The SMILES string of the molecule is O=[N+]([O-])c1cc(CNc2ccccc2SCC(F)(F)F)c2c(c1)COCO2. The zero-order valence-electron chi connectivity index (χ0n) is 13.9. The summed E-state index contributed by atoms with van der Waals surface area (Å²) < 4.78 is 48.1. The lowest BCUT2D eigenvalue weighted by atomic mass is 10.1. The highest BCUT2D eigenvalue weighted by Gasteiger charge is 2.27. The number of nitrogens with zero attached hydrogens (tertiary/aromatic N) is 1. The second-order valence-electron chi connectivity index (χ2n) is 5.71. The molecule has 1 heterocycles. The van der Waals surface area contributed by atoms with Gasteiger partial charge in [0.15, 0.2) is 6.79 Å². The fraction of sp³-hybridized carbons (Fsp3) is 0.294. The van der Waals surface area contributed by atoms with Crippen LogP contribution in [0.3, 0.4) is 0 Å². The number of thioether (sulfide) groups is 1. The Morgan fingerprint density at radius 1 is 1.26 bits per heavy atom. The van der Waals surface area contributed by atoms with Gasteiger partial charge in [-0.05, 0) is 12.1 Å². The fourth-order valence-electron chi connectivity index (χ4n) is 2.61. The zero-order valence-corrected chi connectivity index (χ0v) is 14.7. The Labute approximate surface area is 156 Å². The zero-order chi connectivity index (χ0) is 19.4. The third kappa shape index (κ3) is 5.04. The number of hydrogen-bond donors (Lipinski definition) is 1. The molecule has 0 saturated heterocycles. The van der Waals surface area contributed by atoms with Crippen molar-refractivity contribution in [1.82, 2.24) is 0 Å². The first-order valence-corrected chi connectivity index (χ1v) is 8.85. The van der Waals surface area contributed by atoms with E-state index in [-0.39, 0.29) is 25.6 Å². The number of benzene rings is 2. The molecule has 0 saturated carbocycles. The Bertz CT molecular complexity index is 845. The second-order valence-corrected chi connectivity index (χ2v) is 6.73. The summed E-state index contributed by atoms with van der Waals surface area (Å²) in [6.07, 6.45) is -4.27. The van der Waals surface area contributed by atoms with E-state index in [1.165, 1.54) is 12.1 Å². The number of alkyl halides is 3. The van der Waals surface area contributed by atoms with Crippen LogP contribution in [0.1, 0.15) is 11.1 Å². The number of anilines is 1. The van der Waals surface area contributed by atoms with E-state index in [2.05, 4.69) is 5.32 Å². The molecule has 2 aromatic carbocycles. The smallest absolute Gasteiger partial charge is 0.398 e. The molecule has 2 aromatic rings. The molecule has 3 rings (SSSR count). The first-order valence-electron chi connectivity index (χ1n) is 7.86. The van der Waals surface area contributed by atoms with Gasteiger partial charge in [-0.1, -0.05) is 12.1 Å². The van der Waals surface area contributed by atoms with Gasteiger partial charge >= 0.3 is 6.18 Å². The number of para-hydroxylation sites is 1. The molecule has 0 amide bonds. The Hall–Kier alpha value is -2.46. The molecular weight excluding hydrogens is 385 g/mol. The predicted molar refractivity (Wildman–Crippen MR) is 93.9 cm³/mol. The van der Waals surface area contributed by atoms with Gasteiger partial charge in [-0.25, -0.2) is 0 Å². The lowest BCUT2D eigenvalue weighted by Crippen LogP contribution is -2.15. The van der Waals surface area contributed by atoms with E-state index in [0.717, 1.165) is 0 Å². The van der Waals surface area contributed by atoms with Crippen molar-refractivity contribution in [1.29, 1.82) is 0 Å². The van der Waals surface area contributed by atoms with E-state index in [1.807, 2.05) is 0 Å². The average molecular weight is 400 g/mol. The topological polar surface area (TPSA) is 73.6 Å². The quantitative estimate of drug-likeness (QED) is 0.429. The van der Waals surface area contributed by atoms with Gasteiger partial charge in [0.1, 0.15) is 5.75 Å². The van der Waals surface area contributed by atoms with Crippen LogP contribution in [-0.4, -0.2) is 23.6 Å². The maximum absolute atomic E-state index is 12.5. The van der Waals surface area contributed by atoms with Crippen LogP contribution in [0.15, 0.2) is 41.3 Å². The van der Waals surface area contributed by atoms with Crippen LogP contribution in [0, 0.1) is 10.1 Å². The highest BCUT2D eigenvalue weighted by Crippen LogP contribution is 2.35. The average Bonchev–Trinajstić information content (AvgIpc) is 2.64. The third-order valence-corrected chi connectivity index (χ3v) is 4.87. The van der Waals surface area contributed by atoms with Crippen molar-refractivity contribution in [3.8, 4) is 5.75 Å². The standard InChI is InChI=1S/C17H15F3N2O4S/c18-17(19,20)9-27-15-4-2-1-3-14(15)21-7-11-5-13(22(23)24)6-12-8-25-10-26-16(11)12/h1-6,21H,7-10H2. The van der Waals surface area contributed by atoms with Gasteiger partial charge in [-0.2, -0.15) is 13.2 Å². The molecule has 10 heteroatoms. The van der Waals surface area contributed by atoms with E-state index in [0.29, 0.717) is 39.2 Å². The summed E-state index contributed by atoms with van der Waals surface area (Å²) in [6.45, 7) is 0.394. The van der Waals surface area contributed by atoms with Crippen molar-refractivity contribution < 1.29 is 27.6 Å². The van der Waals surface area contributed by atoms with Crippen LogP contribution in [0.2, 0.25) is 0 Å². The molecule has 27 heavy (non-hydrogen) atoms. The van der Waals surface area contributed by atoms with Gasteiger partial charge in [0, 0.05) is 40.4 Å². The molecule has 0 spiro atoms. The molecule has 0 atom stereocenters. The van der Waals surface area contributed by atoms with Crippen molar-refractivity contribution in [3.63, 3.8) is 0 Å². The van der Waals surface area contributed by atoms with Gasteiger partial charge in [0.2, 0.25) is 0 Å². The third-order valence-electron chi connectivity index (χ3n) is 3.73. The molecule has 0 fully saturated rings. The summed E-state index contributed by atoms with van der Waals surface area (Å²) in [5.41, 5.74) is 1.52. The van der Waals surface area contributed by atoms with E-state index in [1.54, 1.807) is 24.3 Å². The number of nitro groups is 1. The largest absolute Gasteiger partial charge is 0.467 e. The van der Waals surface area contributed by atoms with E-state index >= 15 is 0 Å². The monoisotopic (exact) mass is 400 g/mol. The summed E-state index contributed by atoms with van der Waals surface area (Å²) in [7, 11) is 0. The fourth-order valence-corrected chi connectivity index (χ4v) is 3.40. The van der Waals surface area contributed by atoms with Gasteiger partial charge in [0.25, 0.3) is 5.69 Å². The van der Waals surface area contributed by atoms with Crippen molar-refractivity contribution >= 4 is 23.1 Å². The second kappa shape index (κ2) is 8.05. The predicted octanol–water partition coefficient (Wildman–Crippen LogP) is 4.73. The summed E-state index contributed by atoms with van der Waals surface area (Å²) in [6, 6.07) is 9.39. The number of hydrogen-bond acceptors (Lipinski definition) is 6. The lowest BCUT2D eigenvalue weighted by Gasteiger charge is -2.21.